The van der Waals surface area contributed by atoms with E-state index in [4.69, 9.17) is 66.3 Å². The van der Waals surface area contributed by atoms with Crippen molar-refractivity contribution < 1.29 is 80.6 Å². The molecule has 0 aromatic heterocycles. The Morgan fingerprint density at radius 3 is 0.830 bits per heavy atom. The third-order valence-corrected chi connectivity index (χ3v) is 6.06. The summed E-state index contributed by atoms with van der Waals surface area (Å²) < 4.78 is 80.3. The number of ether oxygens (including phenoxy) is 15. The molecule has 316 valence electrons. The highest BCUT2D eigenvalue weighted by molar-refractivity contribution is 5.69. The maximum atomic E-state index is 11.5. The molecule has 0 saturated heterocycles. The molecule has 0 saturated carbocycles. The monoisotopic (exact) mass is 775 g/mol. The molecule has 1 amide bonds. The fraction of sp³-hybridized carbons (Fsp3) is 0.943. The van der Waals surface area contributed by atoms with E-state index in [0.717, 1.165) is 0 Å². The third-order valence-electron chi connectivity index (χ3n) is 6.06. The van der Waals surface area contributed by atoms with Gasteiger partial charge < -0.3 is 76.4 Å². The molecule has 0 spiro atoms. The fourth-order valence-electron chi connectivity index (χ4n) is 3.54. The van der Waals surface area contributed by atoms with Crippen molar-refractivity contribution in [1.82, 2.24) is 5.32 Å². The van der Waals surface area contributed by atoms with E-state index in [0.29, 0.717) is 178 Å². The van der Waals surface area contributed by atoms with Gasteiger partial charge in [-0.3, -0.25) is 4.79 Å². The number of nitrogens with one attached hydrogen (secondary N) is 1. The van der Waals surface area contributed by atoms with Gasteiger partial charge in [0.05, 0.1) is 185 Å². The molecule has 18 heteroatoms. The third kappa shape index (κ3) is 46.3. The molecule has 0 aliphatic carbocycles. The standard InChI is InChI=1S/C35H69NO17/c1-35(2,3)53-34(38)36-6-8-41-10-12-43-14-16-45-18-20-47-22-24-49-26-28-51-30-32-52-31-29-50-27-25-48-23-21-46-19-17-44-15-13-42-11-9-40-7-5-33(37)39-4/h5-32H2,1-4H3,(H,36,38). The van der Waals surface area contributed by atoms with E-state index < -0.39 is 11.7 Å². The Kier molecular flexibility index (Phi) is 40.0. The van der Waals surface area contributed by atoms with Gasteiger partial charge in [0.15, 0.2) is 0 Å². The zero-order valence-electron chi connectivity index (χ0n) is 32.7. The number of hydrogen-bond acceptors (Lipinski definition) is 17. The average Bonchev–Trinajstić information content (AvgIpc) is 3.12. The van der Waals surface area contributed by atoms with E-state index in [-0.39, 0.29) is 12.4 Å². The van der Waals surface area contributed by atoms with E-state index in [1.54, 1.807) is 0 Å². The van der Waals surface area contributed by atoms with Gasteiger partial charge in [0.1, 0.15) is 5.60 Å². The van der Waals surface area contributed by atoms with Crippen LogP contribution in [0.2, 0.25) is 0 Å². The van der Waals surface area contributed by atoms with Crippen LogP contribution >= 0.6 is 0 Å². The summed E-state index contributed by atoms with van der Waals surface area (Å²) in [5, 5.41) is 2.63. The Balaban J connectivity index is 3.10. The predicted octanol–water partition coefficient (Wildman–Crippen LogP) is 1.29. The number of carbonyl (C=O) groups excluding carboxylic acids is 2. The highest BCUT2D eigenvalue weighted by Gasteiger charge is 2.15. The maximum absolute atomic E-state index is 11.5. The SMILES string of the molecule is COC(=O)CCOCCOCCOCCOCCOCCOCCOCCOCCOCCOCCOCCOCCOCCNC(=O)OC(C)(C)C. The van der Waals surface area contributed by atoms with Gasteiger partial charge in [-0.05, 0) is 20.8 Å². The van der Waals surface area contributed by atoms with Gasteiger partial charge in [0.25, 0.3) is 0 Å². The number of hydrogen-bond donors (Lipinski definition) is 1. The molecule has 18 nitrogen and oxygen atoms in total. The lowest BCUT2D eigenvalue weighted by molar-refractivity contribution is -0.141. The summed E-state index contributed by atoms with van der Waals surface area (Å²) in [6.45, 7) is 17.9. The highest BCUT2D eigenvalue weighted by Crippen LogP contribution is 2.06. The first-order valence-corrected chi connectivity index (χ1v) is 18.4. The summed E-state index contributed by atoms with van der Waals surface area (Å²) in [7, 11) is 1.35. The first-order chi connectivity index (χ1) is 25.8. The number of carbonyl (C=O) groups is 2. The molecule has 0 atom stereocenters. The van der Waals surface area contributed by atoms with Crippen molar-refractivity contribution >= 4 is 12.1 Å². The van der Waals surface area contributed by atoms with Gasteiger partial charge >= 0.3 is 12.1 Å². The van der Waals surface area contributed by atoms with Crippen LogP contribution in [0.4, 0.5) is 4.79 Å². The van der Waals surface area contributed by atoms with Crippen molar-refractivity contribution in [1.29, 1.82) is 0 Å². The zero-order chi connectivity index (χ0) is 38.8. The molecule has 0 rings (SSSR count). The number of amides is 1. The van der Waals surface area contributed by atoms with Gasteiger partial charge in [-0.25, -0.2) is 4.79 Å². The second-order valence-corrected chi connectivity index (χ2v) is 11.7. The number of alkyl carbamates (subject to hydrolysis) is 1. The Morgan fingerprint density at radius 1 is 0.377 bits per heavy atom. The van der Waals surface area contributed by atoms with E-state index in [9.17, 15) is 9.59 Å². The molecule has 0 aromatic carbocycles. The van der Waals surface area contributed by atoms with E-state index in [1.165, 1.54) is 7.11 Å². The molecule has 0 aliphatic rings. The van der Waals surface area contributed by atoms with Gasteiger partial charge in [-0.1, -0.05) is 0 Å². The molecule has 0 aliphatic heterocycles. The molecular formula is C35H69NO17. The molecule has 0 aromatic rings. The summed E-state index contributed by atoms with van der Waals surface area (Å²) >= 11 is 0. The molecule has 0 heterocycles. The second kappa shape index (κ2) is 41.4. The number of rotatable bonds is 42. The van der Waals surface area contributed by atoms with Crippen molar-refractivity contribution in [2.75, 3.05) is 185 Å². The van der Waals surface area contributed by atoms with E-state index in [2.05, 4.69) is 10.1 Å². The molecule has 53 heavy (non-hydrogen) atoms. The Labute approximate surface area is 316 Å². The maximum Gasteiger partial charge on any atom is 0.407 e. The lowest BCUT2D eigenvalue weighted by Crippen LogP contribution is -2.34. The van der Waals surface area contributed by atoms with Crippen LogP contribution in [-0.4, -0.2) is 203 Å². The minimum absolute atomic E-state index is 0.240. The molecule has 0 fully saturated rings. The molecule has 0 unspecified atom stereocenters. The van der Waals surface area contributed by atoms with Gasteiger partial charge in [0, 0.05) is 6.54 Å². The lowest BCUT2D eigenvalue weighted by Gasteiger charge is -2.19. The average molecular weight is 776 g/mol. The largest absolute Gasteiger partial charge is 0.469 e. The van der Waals surface area contributed by atoms with Crippen LogP contribution in [0.3, 0.4) is 0 Å². The van der Waals surface area contributed by atoms with Crippen LogP contribution in [0.1, 0.15) is 27.2 Å². The smallest absolute Gasteiger partial charge is 0.407 e. The normalized spacial score (nSPS) is 11.6. The minimum Gasteiger partial charge on any atom is -0.469 e. The number of methoxy groups -OCH3 is 1. The quantitative estimate of drug-likeness (QED) is 0.0691. The molecular weight excluding hydrogens is 706 g/mol. The van der Waals surface area contributed by atoms with Crippen LogP contribution in [-0.2, 0) is 75.8 Å². The fourth-order valence-corrected chi connectivity index (χ4v) is 3.54. The zero-order valence-corrected chi connectivity index (χ0v) is 32.7. The molecule has 0 bridgehead atoms. The Morgan fingerprint density at radius 2 is 0.604 bits per heavy atom. The van der Waals surface area contributed by atoms with Crippen LogP contribution in [0, 0.1) is 0 Å². The molecule has 0 radical (unpaired) electrons. The summed E-state index contributed by atoms with van der Waals surface area (Å²) in [6, 6.07) is 0. The van der Waals surface area contributed by atoms with Crippen LogP contribution in [0.25, 0.3) is 0 Å². The van der Waals surface area contributed by atoms with Crippen molar-refractivity contribution in [3.63, 3.8) is 0 Å². The summed E-state index contributed by atoms with van der Waals surface area (Å²) in [5.41, 5.74) is -0.516. The lowest BCUT2D eigenvalue weighted by atomic mass is 10.2. The minimum atomic E-state index is -0.516. The van der Waals surface area contributed by atoms with Crippen LogP contribution < -0.4 is 5.32 Å². The van der Waals surface area contributed by atoms with Gasteiger partial charge in [-0.15, -0.1) is 0 Å². The van der Waals surface area contributed by atoms with Crippen LogP contribution in [0.5, 0.6) is 0 Å². The van der Waals surface area contributed by atoms with Crippen molar-refractivity contribution in [2.24, 2.45) is 0 Å². The first-order valence-electron chi connectivity index (χ1n) is 18.4. The topological polar surface area (TPSA) is 185 Å². The first kappa shape index (κ1) is 51.2. The Bertz CT molecular complexity index is 775. The second-order valence-electron chi connectivity index (χ2n) is 11.7. The summed E-state index contributed by atoms with van der Waals surface area (Å²) in [6.07, 6.45) is -0.217. The number of esters is 1. The van der Waals surface area contributed by atoms with Gasteiger partial charge in [-0.2, -0.15) is 0 Å². The highest BCUT2D eigenvalue weighted by atomic mass is 16.6. The Hall–Kier alpha value is -1.78. The predicted molar refractivity (Wildman–Crippen MR) is 192 cm³/mol. The van der Waals surface area contributed by atoms with Crippen molar-refractivity contribution in [3.05, 3.63) is 0 Å². The summed E-state index contributed by atoms with van der Waals surface area (Å²) in [4.78, 5) is 22.4. The molecule has 1 N–H and O–H groups in total. The van der Waals surface area contributed by atoms with Crippen molar-refractivity contribution in [3.8, 4) is 0 Å². The van der Waals surface area contributed by atoms with Crippen molar-refractivity contribution in [2.45, 2.75) is 32.8 Å². The summed E-state index contributed by atoms with van der Waals surface area (Å²) in [5.74, 6) is -0.290. The van der Waals surface area contributed by atoms with Crippen LogP contribution in [0.15, 0.2) is 0 Å². The van der Waals surface area contributed by atoms with Gasteiger partial charge in [0.2, 0.25) is 0 Å². The van der Waals surface area contributed by atoms with E-state index in [1.807, 2.05) is 20.8 Å². The van der Waals surface area contributed by atoms with E-state index >= 15 is 0 Å².